The Labute approximate surface area is 127 Å². The minimum atomic E-state index is -1.25. The number of benzene rings is 1. The lowest BCUT2D eigenvalue weighted by Crippen LogP contribution is -2.00. The summed E-state index contributed by atoms with van der Waals surface area (Å²) in [6, 6.07) is 4.73. The largest absolute Gasteiger partial charge is 0.477 e. The van der Waals surface area contributed by atoms with Gasteiger partial charge in [-0.3, -0.25) is 10.1 Å². The number of nitro benzene ring substituents is 1. The summed E-state index contributed by atoms with van der Waals surface area (Å²) in [4.78, 5) is 24.7. The van der Waals surface area contributed by atoms with E-state index in [9.17, 15) is 14.9 Å². The van der Waals surface area contributed by atoms with Gasteiger partial charge in [-0.05, 0) is 6.07 Å². The molecule has 0 aliphatic carbocycles. The Balaban J connectivity index is 2.43. The number of aromatic carboxylic acids is 1. The predicted octanol–water partition coefficient (Wildman–Crippen LogP) is 3.79. The minimum Gasteiger partial charge on any atom is -0.477 e. The standard InChI is InChI=1S/C12H6Cl2N2O5/c13-7-4-10(16(19)20)11(5-8(7)14)21-6-1-2-15-9(3-6)12(17)18/h1-5H,(H,17,18). The third-order valence-electron chi connectivity index (χ3n) is 2.38. The van der Waals surface area contributed by atoms with Crippen LogP contribution in [0.1, 0.15) is 10.5 Å². The second-order valence-electron chi connectivity index (χ2n) is 3.78. The molecule has 0 unspecified atom stereocenters. The first-order valence-corrected chi connectivity index (χ1v) is 6.14. The molecule has 108 valence electrons. The summed E-state index contributed by atoms with van der Waals surface area (Å²) in [5.74, 6) is -1.33. The molecule has 9 heteroatoms. The van der Waals surface area contributed by atoms with Gasteiger partial charge >= 0.3 is 11.7 Å². The van der Waals surface area contributed by atoms with Crippen LogP contribution in [0.25, 0.3) is 0 Å². The Bertz CT molecular complexity index is 736. The first-order valence-electron chi connectivity index (χ1n) is 5.39. The summed E-state index contributed by atoms with van der Waals surface area (Å²) < 4.78 is 5.31. The van der Waals surface area contributed by atoms with Crippen LogP contribution in [0.3, 0.4) is 0 Å². The smallest absolute Gasteiger partial charge is 0.354 e. The van der Waals surface area contributed by atoms with Gasteiger partial charge in [0.05, 0.1) is 15.0 Å². The lowest BCUT2D eigenvalue weighted by Gasteiger charge is -2.08. The van der Waals surface area contributed by atoms with Crippen molar-refractivity contribution in [3.63, 3.8) is 0 Å². The number of hydrogen-bond donors (Lipinski definition) is 1. The molecule has 0 radical (unpaired) electrons. The molecule has 0 aliphatic rings. The number of rotatable bonds is 4. The molecular formula is C12H6Cl2N2O5. The van der Waals surface area contributed by atoms with E-state index in [2.05, 4.69) is 4.98 Å². The van der Waals surface area contributed by atoms with Gasteiger partial charge in [-0.2, -0.15) is 0 Å². The molecule has 1 heterocycles. The van der Waals surface area contributed by atoms with E-state index < -0.39 is 16.6 Å². The number of aromatic nitrogens is 1. The van der Waals surface area contributed by atoms with Gasteiger partial charge in [-0.25, -0.2) is 9.78 Å². The van der Waals surface area contributed by atoms with E-state index in [0.29, 0.717) is 0 Å². The highest BCUT2D eigenvalue weighted by atomic mass is 35.5. The molecule has 0 saturated carbocycles. The van der Waals surface area contributed by atoms with Gasteiger partial charge in [0.2, 0.25) is 5.75 Å². The summed E-state index contributed by atoms with van der Waals surface area (Å²) in [5.41, 5.74) is -0.645. The molecular weight excluding hydrogens is 323 g/mol. The molecule has 1 aromatic heterocycles. The van der Waals surface area contributed by atoms with Crippen LogP contribution in [-0.2, 0) is 0 Å². The molecule has 7 nitrogen and oxygen atoms in total. The van der Waals surface area contributed by atoms with Crippen LogP contribution in [-0.4, -0.2) is 21.0 Å². The van der Waals surface area contributed by atoms with Crippen LogP contribution >= 0.6 is 23.2 Å². The molecule has 0 amide bonds. The number of carbonyl (C=O) groups is 1. The van der Waals surface area contributed by atoms with Crippen LogP contribution < -0.4 is 4.74 Å². The number of ether oxygens (including phenoxy) is 1. The van der Waals surface area contributed by atoms with Gasteiger partial charge in [0.25, 0.3) is 0 Å². The monoisotopic (exact) mass is 328 g/mol. The van der Waals surface area contributed by atoms with E-state index in [1.54, 1.807) is 0 Å². The second kappa shape index (κ2) is 5.94. The van der Waals surface area contributed by atoms with Crippen LogP contribution in [0.15, 0.2) is 30.5 Å². The van der Waals surface area contributed by atoms with E-state index >= 15 is 0 Å². The number of nitro groups is 1. The first kappa shape index (κ1) is 15.0. The lowest BCUT2D eigenvalue weighted by atomic mass is 10.3. The van der Waals surface area contributed by atoms with Crippen molar-refractivity contribution >= 4 is 34.9 Å². The highest BCUT2D eigenvalue weighted by Gasteiger charge is 2.19. The Morgan fingerprint density at radius 2 is 1.95 bits per heavy atom. The predicted molar refractivity (Wildman–Crippen MR) is 74.4 cm³/mol. The van der Waals surface area contributed by atoms with Crippen molar-refractivity contribution in [1.82, 2.24) is 4.98 Å². The average Bonchev–Trinajstić information content (AvgIpc) is 2.42. The topological polar surface area (TPSA) is 103 Å². The molecule has 1 aromatic carbocycles. The first-order chi connectivity index (χ1) is 9.88. The van der Waals surface area contributed by atoms with Gasteiger partial charge in [0, 0.05) is 24.4 Å². The maximum absolute atomic E-state index is 11.0. The highest BCUT2D eigenvalue weighted by molar-refractivity contribution is 6.42. The van der Waals surface area contributed by atoms with E-state index in [-0.39, 0.29) is 27.2 Å². The molecule has 0 aliphatic heterocycles. The summed E-state index contributed by atoms with van der Waals surface area (Å²) in [6.07, 6.45) is 1.21. The maximum Gasteiger partial charge on any atom is 0.354 e. The third-order valence-corrected chi connectivity index (χ3v) is 3.10. The van der Waals surface area contributed by atoms with Crippen LogP contribution in [0.2, 0.25) is 10.0 Å². The molecule has 2 rings (SSSR count). The Morgan fingerprint density at radius 3 is 2.57 bits per heavy atom. The Morgan fingerprint density at radius 1 is 1.29 bits per heavy atom. The number of nitrogens with zero attached hydrogens (tertiary/aromatic N) is 2. The van der Waals surface area contributed by atoms with Crippen LogP contribution in [0.4, 0.5) is 5.69 Å². The van der Waals surface area contributed by atoms with Gasteiger partial charge in [0.15, 0.2) is 5.69 Å². The van der Waals surface area contributed by atoms with E-state index in [4.69, 9.17) is 33.0 Å². The molecule has 1 N–H and O–H groups in total. The molecule has 0 saturated heterocycles. The number of carboxylic acids is 1. The quantitative estimate of drug-likeness (QED) is 0.676. The lowest BCUT2D eigenvalue weighted by molar-refractivity contribution is -0.385. The molecule has 21 heavy (non-hydrogen) atoms. The van der Waals surface area contributed by atoms with Crippen LogP contribution in [0, 0.1) is 10.1 Å². The number of hydrogen-bond acceptors (Lipinski definition) is 5. The van der Waals surface area contributed by atoms with Gasteiger partial charge in [-0.1, -0.05) is 23.2 Å². The Kier molecular flexibility index (Phi) is 4.25. The molecule has 2 aromatic rings. The zero-order valence-electron chi connectivity index (χ0n) is 10.1. The molecule has 0 spiro atoms. The number of pyridine rings is 1. The fourth-order valence-electron chi connectivity index (χ4n) is 1.46. The maximum atomic E-state index is 11.0. The van der Waals surface area contributed by atoms with E-state index in [1.165, 1.54) is 18.3 Å². The van der Waals surface area contributed by atoms with Gasteiger partial charge < -0.3 is 9.84 Å². The third kappa shape index (κ3) is 3.39. The Hall–Kier alpha value is -2.38. The normalized spacial score (nSPS) is 10.2. The fourth-order valence-corrected chi connectivity index (χ4v) is 1.77. The van der Waals surface area contributed by atoms with Crippen molar-refractivity contribution in [1.29, 1.82) is 0 Å². The van der Waals surface area contributed by atoms with Crippen LogP contribution in [0.5, 0.6) is 11.5 Å². The molecule has 0 atom stereocenters. The van der Waals surface area contributed by atoms with Crippen molar-refractivity contribution in [3.8, 4) is 11.5 Å². The van der Waals surface area contributed by atoms with E-state index in [1.807, 2.05) is 0 Å². The molecule has 0 fully saturated rings. The summed E-state index contributed by atoms with van der Waals surface area (Å²) in [6.45, 7) is 0. The van der Waals surface area contributed by atoms with Crippen molar-refractivity contribution in [2.24, 2.45) is 0 Å². The van der Waals surface area contributed by atoms with Crippen molar-refractivity contribution in [3.05, 3.63) is 56.3 Å². The fraction of sp³-hybridized carbons (Fsp3) is 0. The minimum absolute atomic E-state index is 0.0108. The van der Waals surface area contributed by atoms with E-state index in [0.717, 1.165) is 12.1 Å². The highest BCUT2D eigenvalue weighted by Crippen LogP contribution is 2.38. The SMILES string of the molecule is O=C(O)c1cc(Oc2cc(Cl)c(Cl)cc2[N+](=O)[O-])ccn1. The number of carboxylic acid groups (broad SMARTS) is 1. The summed E-state index contributed by atoms with van der Waals surface area (Å²) in [5, 5.41) is 19.9. The number of halogens is 2. The molecule has 0 bridgehead atoms. The summed E-state index contributed by atoms with van der Waals surface area (Å²) in [7, 11) is 0. The van der Waals surface area contributed by atoms with Crippen molar-refractivity contribution in [2.75, 3.05) is 0 Å². The van der Waals surface area contributed by atoms with Crippen molar-refractivity contribution < 1.29 is 19.6 Å². The second-order valence-corrected chi connectivity index (χ2v) is 4.59. The zero-order chi connectivity index (χ0) is 15.6. The zero-order valence-corrected chi connectivity index (χ0v) is 11.6. The van der Waals surface area contributed by atoms with Crippen molar-refractivity contribution in [2.45, 2.75) is 0 Å². The van der Waals surface area contributed by atoms with Gasteiger partial charge in [0.1, 0.15) is 5.75 Å². The average molecular weight is 329 g/mol. The van der Waals surface area contributed by atoms with Gasteiger partial charge in [-0.15, -0.1) is 0 Å². The summed E-state index contributed by atoms with van der Waals surface area (Å²) >= 11 is 11.5.